The van der Waals surface area contributed by atoms with Crippen LogP contribution in [0.15, 0.2) is 18.2 Å². The van der Waals surface area contributed by atoms with Gasteiger partial charge in [0.05, 0.1) is 16.6 Å². The van der Waals surface area contributed by atoms with Crippen LogP contribution in [0.4, 0.5) is 0 Å². The Bertz CT molecular complexity index is 587. The van der Waals surface area contributed by atoms with E-state index in [1.807, 2.05) is 6.92 Å². The Balaban J connectivity index is 2.60. The lowest BCUT2D eigenvalue weighted by atomic mass is 10.1. The number of aromatic nitrogens is 2. The number of fused-ring (bicyclic) bond motifs is 1. The highest BCUT2D eigenvalue weighted by Gasteiger charge is 2.14. The molecule has 4 nitrogen and oxygen atoms in total. The van der Waals surface area contributed by atoms with Gasteiger partial charge in [-0.25, -0.2) is 9.78 Å². The first-order valence-electron chi connectivity index (χ1n) is 6.26. The van der Waals surface area contributed by atoms with E-state index >= 15 is 0 Å². The molecule has 1 atom stereocenters. The first kappa shape index (κ1) is 12.6. The molecule has 2 aromatic rings. The Morgan fingerprint density at radius 3 is 2.83 bits per heavy atom. The molecule has 4 heteroatoms. The predicted molar refractivity (Wildman–Crippen MR) is 71.0 cm³/mol. The van der Waals surface area contributed by atoms with Gasteiger partial charge in [-0.05, 0) is 38.5 Å². The Morgan fingerprint density at radius 2 is 2.22 bits per heavy atom. The van der Waals surface area contributed by atoms with E-state index in [2.05, 4.69) is 23.4 Å². The van der Waals surface area contributed by atoms with Gasteiger partial charge in [0.15, 0.2) is 0 Å². The molecular weight excluding hydrogens is 228 g/mol. The molecular formula is C14H18N2O2. The van der Waals surface area contributed by atoms with Crippen LogP contribution < -0.4 is 0 Å². The minimum absolute atomic E-state index is 0.312. The summed E-state index contributed by atoms with van der Waals surface area (Å²) in [5, 5.41) is 9.05. The average molecular weight is 246 g/mol. The van der Waals surface area contributed by atoms with E-state index in [0.29, 0.717) is 11.6 Å². The molecule has 0 aliphatic heterocycles. The molecule has 1 N–H and O–H groups in total. The van der Waals surface area contributed by atoms with Gasteiger partial charge in [-0.1, -0.05) is 13.3 Å². The van der Waals surface area contributed by atoms with Crippen LogP contribution in [0.5, 0.6) is 0 Å². The van der Waals surface area contributed by atoms with Gasteiger partial charge in [-0.2, -0.15) is 0 Å². The summed E-state index contributed by atoms with van der Waals surface area (Å²) in [7, 11) is 0. The third-order valence-corrected chi connectivity index (χ3v) is 3.26. The fraction of sp³-hybridized carbons (Fsp3) is 0.429. The molecule has 1 aromatic heterocycles. The fourth-order valence-electron chi connectivity index (χ4n) is 2.45. The summed E-state index contributed by atoms with van der Waals surface area (Å²) in [5.74, 6) is 0.0407. The molecule has 0 aliphatic carbocycles. The minimum atomic E-state index is -0.898. The third-order valence-electron chi connectivity index (χ3n) is 3.26. The maximum atomic E-state index is 11.0. The van der Waals surface area contributed by atoms with E-state index < -0.39 is 5.97 Å². The van der Waals surface area contributed by atoms with Crippen molar-refractivity contribution in [2.45, 2.75) is 39.7 Å². The normalized spacial score (nSPS) is 12.8. The molecule has 1 heterocycles. The SMILES string of the molecule is CCCC(C)n1c(C)nc2ccc(C(=O)O)cc21. The lowest BCUT2D eigenvalue weighted by molar-refractivity contribution is 0.0697. The Hall–Kier alpha value is -1.84. The van der Waals surface area contributed by atoms with E-state index in [4.69, 9.17) is 5.11 Å². The summed E-state index contributed by atoms with van der Waals surface area (Å²) in [6.45, 7) is 6.26. The van der Waals surface area contributed by atoms with Gasteiger partial charge in [0.1, 0.15) is 5.82 Å². The van der Waals surface area contributed by atoms with E-state index in [1.165, 1.54) is 0 Å². The molecule has 1 unspecified atom stereocenters. The molecule has 0 bridgehead atoms. The second-order valence-corrected chi connectivity index (χ2v) is 4.68. The number of hydrogen-bond acceptors (Lipinski definition) is 2. The zero-order valence-corrected chi connectivity index (χ0v) is 11.0. The number of nitrogens with zero attached hydrogens (tertiary/aromatic N) is 2. The molecule has 0 aliphatic rings. The first-order valence-corrected chi connectivity index (χ1v) is 6.26. The Morgan fingerprint density at radius 1 is 1.50 bits per heavy atom. The van der Waals surface area contributed by atoms with Crippen LogP contribution in [0, 0.1) is 6.92 Å². The van der Waals surface area contributed by atoms with Crippen molar-refractivity contribution in [1.82, 2.24) is 9.55 Å². The lowest BCUT2D eigenvalue weighted by Crippen LogP contribution is -2.07. The lowest BCUT2D eigenvalue weighted by Gasteiger charge is -2.15. The number of benzene rings is 1. The monoisotopic (exact) mass is 246 g/mol. The summed E-state index contributed by atoms with van der Waals surface area (Å²) in [5.41, 5.74) is 2.08. The second kappa shape index (κ2) is 4.80. The number of aryl methyl sites for hydroxylation is 1. The average Bonchev–Trinajstić information content (AvgIpc) is 2.63. The van der Waals surface area contributed by atoms with Crippen LogP contribution in [0.25, 0.3) is 11.0 Å². The second-order valence-electron chi connectivity index (χ2n) is 4.68. The van der Waals surface area contributed by atoms with Crippen LogP contribution in [-0.2, 0) is 0 Å². The van der Waals surface area contributed by atoms with Crippen molar-refractivity contribution in [3.05, 3.63) is 29.6 Å². The summed E-state index contributed by atoms with van der Waals surface area (Å²) in [4.78, 5) is 15.5. The van der Waals surface area contributed by atoms with Gasteiger partial charge in [-0.3, -0.25) is 0 Å². The van der Waals surface area contributed by atoms with Gasteiger partial charge < -0.3 is 9.67 Å². The van der Waals surface area contributed by atoms with Crippen molar-refractivity contribution in [3.63, 3.8) is 0 Å². The number of carboxylic acid groups (broad SMARTS) is 1. The third kappa shape index (κ3) is 2.10. The Kier molecular flexibility index (Phi) is 3.36. The van der Waals surface area contributed by atoms with Crippen molar-refractivity contribution in [2.75, 3.05) is 0 Å². The number of imidazole rings is 1. The summed E-state index contributed by atoms with van der Waals surface area (Å²) < 4.78 is 2.13. The number of rotatable bonds is 4. The highest BCUT2D eigenvalue weighted by Crippen LogP contribution is 2.24. The smallest absolute Gasteiger partial charge is 0.335 e. The van der Waals surface area contributed by atoms with Crippen LogP contribution in [-0.4, -0.2) is 20.6 Å². The van der Waals surface area contributed by atoms with Gasteiger partial charge in [0, 0.05) is 6.04 Å². The number of hydrogen-bond donors (Lipinski definition) is 1. The summed E-state index contributed by atoms with van der Waals surface area (Å²) in [6, 6.07) is 5.43. The molecule has 0 saturated heterocycles. The molecule has 96 valence electrons. The van der Waals surface area contributed by atoms with E-state index in [1.54, 1.807) is 18.2 Å². The molecule has 2 rings (SSSR count). The molecule has 0 amide bonds. The van der Waals surface area contributed by atoms with Gasteiger partial charge in [0.2, 0.25) is 0 Å². The van der Waals surface area contributed by atoms with Crippen LogP contribution in [0.2, 0.25) is 0 Å². The van der Waals surface area contributed by atoms with Crippen LogP contribution in [0.1, 0.15) is 48.9 Å². The number of carboxylic acids is 1. The quantitative estimate of drug-likeness (QED) is 0.899. The van der Waals surface area contributed by atoms with E-state index in [0.717, 1.165) is 29.7 Å². The number of carbonyl (C=O) groups is 1. The minimum Gasteiger partial charge on any atom is -0.478 e. The topological polar surface area (TPSA) is 55.1 Å². The van der Waals surface area contributed by atoms with Gasteiger partial charge in [0.25, 0.3) is 0 Å². The predicted octanol–water partition coefficient (Wildman–Crippen LogP) is 3.40. The maximum Gasteiger partial charge on any atom is 0.335 e. The van der Waals surface area contributed by atoms with Crippen LogP contribution >= 0.6 is 0 Å². The van der Waals surface area contributed by atoms with Gasteiger partial charge in [-0.15, -0.1) is 0 Å². The van der Waals surface area contributed by atoms with E-state index in [9.17, 15) is 4.79 Å². The fourth-order valence-corrected chi connectivity index (χ4v) is 2.45. The molecule has 18 heavy (non-hydrogen) atoms. The zero-order chi connectivity index (χ0) is 13.3. The molecule has 0 saturated carbocycles. The maximum absolute atomic E-state index is 11.0. The molecule has 0 spiro atoms. The highest BCUT2D eigenvalue weighted by atomic mass is 16.4. The van der Waals surface area contributed by atoms with Crippen molar-refractivity contribution in [2.24, 2.45) is 0 Å². The molecule has 1 aromatic carbocycles. The Labute approximate surface area is 106 Å². The van der Waals surface area contributed by atoms with Crippen molar-refractivity contribution in [1.29, 1.82) is 0 Å². The number of aromatic carboxylic acids is 1. The molecule has 0 fully saturated rings. The first-order chi connectivity index (χ1) is 8.54. The van der Waals surface area contributed by atoms with Crippen LogP contribution in [0.3, 0.4) is 0 Å². The largest absolute Gasteiger partial charge is 0.478 e. The van der Waals surface area contributed by atoms with Crippen molar-refractivity contribution < 1.29 is 9.90 Å². The van der Waals surface area contributed by atoms with Crippen molar-refractivity contribution in [3.8, 4) is 0 Å². The highest BCUT2D eigenvalue weighted by molar-refractivity contribution is 5.92. The molecule has 0 radical (unpaired) electrons. The standard InChI is InChI=1S/C14H18N2O2/c1-4-5-9(2)16-10(3)15-12-7-6-11(14(17)18)8-13(12)16/h6-9H,4-5H2,1-3H3,(H,17,18). The van der Waals surface area contributed by atoms with E-state index in [-0.39, 0.29) is 0 Å². The van der Waals surface area contributed by atoms with Gasteiger partial charge >= 0.3 is 5.97 Å². The summed E-state index contributed by atoms with van der Waals surface area (Å²) in [6.07, 6.45) is 2.16. The zero-order valence-electron chi connectivity index (χ0n) is 11.0. The summed E-state index contributed by atoms with van der Waals surface area (Å²) >= 11 is 0. The van der Waals surface area contributed by atoms with Crippen molar-refractivity contribution >= 4 is 17.0 Å².